The molecular weight excluding hydrogens is 849 g/mol. The molecule has 0 amide bonds. The number of furan rings is 1. The van der Waals surface area contributed by atoms with Gasteiger partial charge in [-0.25, -0.2) is 0 Å². The molecule has 0 aliphatic heterocycles. The third-order valence-corrected chi connectivity index (χ3v) is 15.2. The van der Waals surface area contributed by atoms with Gasteiger partial charge in [-0.2, -0.15) is 0 Å². The second-order valence-corrected chi connectivity index (χ2v) is 18.7. The number of anilines is 3. The summed E-state index contributed by atoms with van der Waals surface area (Å²) in [7, 11) is 0. The molecule has 11 aromatic carbocycles. The van der Waals surface area contributed by atoms with Gasteiger partial charge in [-0.1, -0.05) is 188 Å². The van der Waals surface area contributed by atoms with Gasteiger partial charge in [0.2, 0.25) is 0 Å². The number of nitrogens with zero attached hydrogens (tertiary/aromatic N) is 2. The Morgan fingerprint density at radius 1 is 0.329 bits per heavy atom. The smallest absolute Gasteiger partial charge is 0.143 e. The highest BCUT2D eigenvalue weighted by atomic mass is 16.3. The van der Waals surface area contributed by atoms with Crippen molar-refractivity contribution in [1.29, 1.82) is 0 Å². The first kappa shape index (κ1) is 38.9. The molecule has 13 aromatic rings. The summed E-state index contributed by atoms with van der Waals surface area (Å²) in [5.41, 5.74) is 23.0. The van der Waals surface area contributed by atoms with Gasteiger partial charge in [0.15, 0.2) is 0 Å². The molecule has 2 aliphatic carbocycles. The van der Waals surface area contributed by atoms with Crippen molar-refractivity contribution in [3.8, 4) is 50.2 Å². The van der Waals surface area contributed by atoms with E-state index in [1.807, 2.05) is 6.07 Å². The van der Waals surface area contributed by atoms with E-state index in [2.05, 4.69) is 258 Å². The molecule has 2 aromatic heterocycles. The molecular formula is C67H42N2O. The van der Waals surface area contributed by atoms with Crippen molar-refractivity contribution in [2.75, 3.05) is 4.90 Å². The first-order valence-electron chi connectivity index (χ1n) is 24.2. The number of hydrogen-bond acceptors (Lipinski definition) is 2. The molecule has 0 atom stereocenters. The summed E-state index contributed by atoms with van der Waals surface area (Å²) >= 11 is 0. The van der Waals surface area contributed by atoms with Gasteiger partial charge < -0.3 is 13.9 Å². The van der Waals surface area contributed by atoms with Crippen LogP contribution in [-0.4, -0.2) is 4.57 Å². The number of benzene rings is 11. The van der Waals surface area contributed by atoms with Crippen molar-refractivity contribution in [2.24, 2.45) is 0 Å². The molecule has 70 heavy (non-hydrogen) atoms. The molecule has 3 nitrogen and oxygen atoms in total. The van der Waals surface area contributed by atoms with Crippen molar-refractivity contribution in [2.45, 2.75) is 5.41 Å². The zero-order chi connectivity index (χ0) is 45.9. The van der Waals surface area contributed by atoms with Crippen molar-refractivity contribution in [1.82, 2.24) is 4.57 Å². The molecule has 3 heteroatoms. The van der Waals surface area contributed by atoms with E-state index in [0.717, 1.165) is 61.4 Å². The third-order valence-electron chi connectivity index (χ3n) is 15.2. The molecule has 0 bridgehead atoms. The van der Waals surface area contributed by atoms with Crippen LogP contribution in [0.3, 0.4) is 0 Å². The summed E-state index contributed by atoms with van der Waals surface area (Å²) in [6.45, 7) is 0. The Morgan fingerprint density at radius 3 is 1.61 bits per heavy atom. The Hall–Kier alpha value is -9.18. The van der Waals surface area contributed by atoms with E-state index in [0.29, 0.717) is 0 Å². The minimum absolute atomic E-state index is 0.480. The standard InChI is InChI=1S/C67H42N2O/c1-2-17-45(18-3-1)69-63-31-14-8-23-53(63)57-41-44(35-40-64(57)69)43-33-36-46(37-34-43)68(62-30-13-7-22-52(62)55-25-16-26-56-54-24-9-15-32-65(54)70-66(55)56)47-38-39-51-50-21-6-12-29-60(50)67(61(51)42-47)58-27-10-4-19-48(58)49-20-5-11-28-59(49)67/h1-42H. The van der Waals surface area contributed by atoms with Crippen LogP contribution in [-0.2, 0) is 5.41 Å². The summed E-state index contributed by atoms with van der Waals surface area (Å²) in [5.74, 6) is 0. The Labute approximate surface area is 405 Å². The van der Waals surface area contributed by atoms with Crippen LogP contribution < -0.4 is 4.90 Å². The van der Waals surface area contributed by atoms with Crippen LogP contribution in [0.2, 0.25) is 0 Å². The molecule has 0 saturated carbocycles. The summed E-state index contributed by atoms with van der Waals surface area (Å²) in [6.07, 6.45) is 0. The largest absolute Gasteiger partial charge is 0.455 e. The van der Waals surface area contributed by atoms with Crippen molar-refractivity contribution >= 4 is 60.8 Å². The van der Waals surface area contributed by atoms with Crippen LogP contribution in [0.4, 0.5) is 17.1 Å². The Morgan fingerprint density at radius 2 is 0.871 bits per heavy atom. The lowest BCUT2D eigenvalue weighted by molar-refractivity contribution is 0.670. The quantitative estimate of drug-likeness (QED) is 0.166. The fraction of sp³-hybridized carbons (Fsp3) is 0.0149. The molecule has 0 radical (unpaired) electrons. The van der Waals surface area contributed by atoms with E-state index in [9.17, 15) is 0 Å². The van der Waals surface area contributed by atoms with E-state index in [1.165, 1.54) is 71.9 Å². The summed E-state index contributed by atoms with van der Waals surface area (Å²) in [4.78, 5) is 2.46. The van der Waals surface area contributed by atoms with Crippen molar-refractivity contribution in [3.63, 3.8) is 0 Å². The van der Waals surface area contributed by atoms with Gasteiger partial charge in [0.1, 0.15) is 11.2 Å². The summed E-state index contributed by atoms with van der Waals surface area (Å²) in [6, 6.07) is 93.5. The highest BCUT2D eigenvalue weighted by Gasteiger charge is 2.51. The van der Waals surface area contributed by atoms with E-state index in [-0.39, 0.29) is 0 Å². The minimum Gasteiger partial charge on any atom is -0.455 e. The lowest BCUT2D eigenvalue weighted by atomic mass is 9.70. The Kier molecular flexibility index (Phi) is 8.28. The van der Waals surface area contributed by atoms with Crippen LogP contribution in [0.1, 0.15) is 22.3 Å². The first-order valence-corrected chi connectivity index (χ1v) is 24.2. The second-order valence-electron chi connectivity index (χ2n) is 18.7. The molecule has 15 rings (SSSR count). The molecule has 2 aliphatic rings. The second kappa shape index (κ2) is 14.9. The topological polar surface area (TPSA) is 21.3 Å². The highest BCUT2D eigenvalue weighted by Crippen LogP contribution is 2.63. The van der Waals surface area contributed by atoms with E-state index < -0.39 is 5.41 Å². The van der Waals surface area contributed by atoms with Gasteiger partial charge in [-0.05, 0) is 122 Å². The lowest BCUT2D eigenvalue weighted by Crippen LogP contribution is -2.26. The Balaban J connectivity index is 0.940. The van der Waals surface area contributed by atoms with Crippen LogP contribution >= 0.6 is 0 Å². The fourth-order valence-electron chi connectivity index (χ4n) is 12.3. The molecule has 0 saturated heterocycles. The van der Waals surface area contributed by atoms with E-state index >= 15 is 0 Å². The summed E-state index contributed by atoms with van der Waals surface area (Å²) in [5, 5.41) is 4.71. The SMILES string of the molecule is c1ccc(-n2c3ccccc3c3cc(-c4ccc(N(c5ccc6c(c5)C5(c7ccccc7-c7ccccc75)c5ccccc5-6)c5ccccc5-c5cccc6c5oc5ccccc56)cc4)ccc32)cc1. The van der Waals surface area contributed by atoms with Gasteiger partial charge in [-0.15, -0.1) is 0 Å². The van der Waals surface area contributed by atoms with E-state index in [1.54, 1.807) is 0 Å². The van der Waals surface area contributed by atoms with Crippen molar-refractivity contribution in [3.05, 3.63) is 277 Å². The molecule has 1 spiro atoms. The maximum Gasteiger partial charge on any atom is 0.143 e. The minimum atomic E-state index is -0.480. The molecule has 2 heterocycles. The highest BCUT2D eigenvalue weighted by molar-refractivity contribution is 6.12. The number of hydrogen-bond donors (Lipinski definition) is 0. The van der Waals surface area contributed by atoms with Gasteiger partial charge in [0.05, 0.1) is 22.1 Å². The average Bonchev–Trinajstić information content (AvgIpc) is 4.15. The van der Waals surface area contributed by atoms with Crippen LogP contribution in [0.25, 0.3) is 93.9 Å². The predicted molar refractivity (Wildman–Crippen MR) is 290 cm³/mol. The monoisotopic (exact) mass is 890 g/mol. The number of aromatic nitrogens is 1. The van der Waals surface area contributed by atoms with Gasteiger partial charge in [0.25, 0.3) is 0 Å². The molecule has 326 valence electrons. The Bertz CT molecular complexity index is 4190. The number of fused-ring (bicyclic) bond motifs is 16. The fourth-order valence-corrected chi connectivity index (χ4v) is 12.3. The first-order chi connectivity index (χ1) is 34.7. The maximum atomic E-state index is 6.74. The zero-order valence-electron chi connectivity index (χ0n) is 38.1. The van der Waals surface area contributed by atoms with Crippen LogP contribution in [0.5, 0.6) is 0 Å². The normalized spacial score (nSPS) is 13.0. The van der Waals surface area contributed by atoms with Gasteiger partial charge in [0, 0.05) is 49.7 Å². The number of rotatable bonds is 6. The zero-order valence-corrected chi connectivity index (χ0v) is 38.1. The third kappa shape index (κ3) is 5.40. The predicted octanol–water partition coefficient (Wildman–Crippen LogP) is 17.8. The van der Waals surface area contributed by atoms with Gasteiger partial charge in [-0.3, -0.25) is 0 Å². The average molecular weight is 891 g/mol. The molecule has 0 fully saturated rings. The molecule has 0 N–H and O–H groups in total. The van der Waals surface area contributed by atoms with Crippen molar-refractivity contribution < 1.29 is 4.42 Å². The summed E-state index contributed by atoms with van der Waals surface area (Å²) < 4.78 is 9.11. The number of para-hydroxylation sites is 5. The maximum absolute atomic E-state index is 6.74. The molecule has 0 unspecified atom stereocenters. The lowest BCUT2D eigenvalue weighted by Gasteiger charge is -2.32. The van der Waals surface area contributed by atoms with Gasteiger partial charge >= 0.3 is 0 Å². The van der Waals surface area contributed by atoms with Crippen LogP contribution in [0, 0.1) is 0 Å². The van der Waals surface area contributed by atoms with Crippen LogP contribution in [0.15, 0.2) is 259 Å². The van der Waals surface area contributed by atoms with E-state index in [4.69, 9.17) is 4.42 Å².